The van der Waals surface area contributed by atoms with Crippen molar-refractivity contribution in [3.05, 3.63) is 36.0 Å². The van der Waals surface area contributed by atoms with E-state index in [4.69, 9.17) is 24.5 Å². The lowest BCUT2D eigenvalue weighted by atomic mass is 10.3. The summed E-state index contributed by atoms with van der Waals surface area (Å²) in [5.74, 6) is -1.97. The first-order valence-corrected chi connectivity index (χ1v) is 10.5. The Balaban J connectivity index is 0.000000271. The summed E-state index contributed by atoms with van der Waals surface area (Å²) in [6.45, 7) is 4.80. The largest absolute Gasteiger partial charge is 0.490 e. The molecule has 0 amide bonds. The maximum Gasteiger partial charge on any atom is 0.490 e. The van der Waals surface area contributed by atoms with E-state index < -0.39 is 24.3 Å². The van der Waals surface area contributed by atoms with Gasteiger partial charge in [0.2, 0.25) is 5.88 Å². The van der Waals surface area contributed by atoms with Crippen molar-refractivity contribution < 1.29 is 50.9 Å². The smallest absolute Gasteiger partial charge is 0.475 e. The van der Waals surface area contributed by atoms with Gasteiger partial charge in [0, 0.05) is 44.9 Å². The topological polar surface area (TPSA) is 131 Å². The van der Waals surface area contributed by atoms with Crippen molar-refractivity contribution in [3.63, 3.8) is 0 Å². The molecular weight excluding hydrogens is 504 g/mol. The molecule has 0 spiro atoms. The molecule has 0 aromatic carbocycles. The van der Waals surface area contributed by atoms with Crippen LogP contribution in [0.3, 0.4) is 0 Å². The Bertz CT molecular complexity index is 971. The maximum atomic E-state index is 10.6. The van der Waals surface area contributed by atoms with Crippen LogP contribution < -0.4 is 4.74 Å². The van der Waals surface area contributed by atoms with Crippen LogP contribution in [0.2, 0.25) is 0 Å². The number of pyridine rings is 1. The van der Waals surface area contributed by atoms with E-state index in [1.165, 1.54) is 19.4 Å². The monoisotopic (exact) mass is 527 g/mol. The third kappa shape index (κ3) is 10.1. The van der Waals surface area contributed by atoms with Gasteiger partial charge in [0.05, 0.1) is 0 Å². The zero-order valence-electron chi connectivity index (χ0n) is 18.7. The van der Waals surface area contributed by atoms with E-state index in [1.54, 1.807) is 6.20 Å². The summed E-state index contributed by atoms with van der Waals surface area (Å²) < 4.78 is 71.4. The fourth-order valence-corrected chi connectivity index (χ4v) is 2.95. The molecule has 36 heavy (non-hydrogen) atoms. The zero-order chi connectivity index (χ0) is 26.9. The van der Waals surface area contributed by atoms with Gasteiger partial charge in [-0.05, 0) is 24.8 Å². The van der Waals surface area contributed by atoms with Crippen molar-refractivity contribution in [2.45, 2.75) is 44.8 Å². The van der Waals surface area contributed by atoms with Crippen LogP contribution in [0.4, 0.5) is 26.3 Å². The van der Waals surface area contributed by atoms with Gasteiger partial charge in [0.15, 0.2) is 5.82 Å². The summed E-state index contributed by atoms with van der Waals surface area (Å²) in [6.07, 6.45) is -4.64. The fourth-order valence-electron chi connectivity index (χ4n) is 2.95. The van der Waals surface area contributed by atoms with Crippen LogP contribution in [-0.2, 0) is 29.2 Å². The number of fused-ring (bicyclic) bond motifs is 1. The Kier molecular flexibility index (Phi) is 10.0. The number of aromatic nitrogens is 4. The van der Waals surface area contributed by atoms with Gasteiger partial charge in [-0.15, -0.1) is 10.2 Å². The van der Waals surface area contributed by atoms with Crippen LogP contribution in [0.5, 0.6) is 5.88 Å². The number of rotatable bonds is 5. The molecular formula is C20H23F6N5O5. The Morgan fingerprint density at radius 2 is 1.58 bits per heavy atom. The first-order valence-electron chi connectivity index (χ1n) is 10.5. The predicted molar refractivity (Wildman–Crippen MR) is 109 cm³/mol. The highest BCUT2D eigenvalue weighted by atomic mass is 19.4. The number of ether oxygens (including phenoxy) is 1. The van der Waals surface area contributed by atoms with E-state index in [0.717, 1.165) is 43.6 Å². The number of hydrogen-bond acceptors (Lipinski definition) is 7. The molecule has 3 heterocycles. The number of hydrogen-bond donors (Lipinski definition) is 2. The summed E-state index contributed by atoms with van der Waals surface area (Å²) in [4.78, 5) is 24.5. The Labute approximate surface area is 200 Å². The van der Waals surface area contributed by atoms with Crippen molar-refractivity contribution >= 4 is 11.9 Å². The van der Waals surface area contributed by atoms with Gasteiger partial charge < -0.3 is 24.4 Å². The van der Waals surface area contributed by atoms with E-state index in [0.29, 0.717) is 12.5 Å². The number of aliphatic carboxylic acids is 2. The van der Waals surface area contributed by atoms with E-state index in [-0.39, 0.29) is 0 Å². The van der Waals surface area contributed by atoms with Crippen LogP contribution in [0.15, 0.2) is 24.4 Å². The van der Waals surface area contributed by atoms with Crippen molar-refractivity contribution in [2.24, 2.45) is 5.92 Å². The first-order chi connectivity index (χ1) is 16.8. The van der Waals surface area contributed by atoms with Crippen molar-refractivity contribution in [1.82, 2.24) is 24.6 Å². The Morgan fingerprint density at radius 1 is 0.972 bits per heavy atom. The van der Waals surface area contributed by atoms with Gasteiger partial charge in [-0.1, -0.05) is 6.07 Å². The lowest BCUT2D eigenvalue weighted by Gasteiger charge is -2.18. The summed E-state index contributed by atoms with van der Waals surface area (Å²) in [7, 11) is 0. The van der Waals surface area contributed by atoms with Gasteiger partial charge >= 0.3 is 24.3 Å². The molecule has 2 aliphatic rings. The van der Waals surface area contributed by atoms with E-state index >= 15 is 0 Å². The molecule has 0 unspecified atom stereocenters. The minimum atomic E-state index is -5.08. The van der Waals surface area contributed by atoms with Crippen molar-refractivity contribution in [2.75, 3.05) is 19.6 Å². The maximum absolute atomic E-state index is 10.6. The van der Waals surface area contributed by atoms with Crippen molar-refractivity contribution in [3.8, 4) is 5.88 Å². The van der Waals surface area contributed by atoms with Gasteiger partial charge in [0.1, 0.15) is 12.4 Å². The van der Waals surface area contributed by atoms with Crippen LogP contribution >= 0.6 is 0 Å². The second-order valence-corrected chi connectivity index (χ2v) is 7.74. The molecule has 0 radical (unpaired) electrons. The molecule has 1 aliphatic carbocycles. The molecule has 4 rings (SSSR count). The highest BCUT2D eigenvalue weighted by molar-refractivity contribution is 5.73. The van der Waals surface area contributed by atoms with Crippen LogP contribution in [0.1, 0.15) is 24.5 Å². The van der Waals surface area contributed by atoms with E-state index in [1.807, 2.05) is 18.2 Å². The third-order valence-electron chi connectivity index (χ3n) is 4.88. The Hall–Kier alpha value is -3.43. The molecule has 2 N–H and O–H groups in total. The summed E-state index contributed by atoms with van der Waals surface area (Å²) in [5.41, 5.74) is 0. The molecule has 2 aromatic heterocycles. The molecule has 1 aliphatic heterocycles. The number of alkyl halides is 6. The van der Waals surface area contributed by atoms with Gasteiger partial charge in [-0.25, -0.2) is 14.6 Å². The lowest BCUT2D eigenvalue weighted by molar-refractivity contribution is -0.193. The first kappa shape index (κ1) is 28.8. The molecule has 10 nitrogen and oxygen atoms in total. The second kappa shape index (κ2) is 12.5. The van der Waals surface area contributed by atoms with Gasteiger partial charge in [0.25, 0.3) is 0 Å². The molecule has 16 heteroatoms. The second-order valence-electron chi connectivity index (χ2n) is 7.74. The molecule has 0 atom stereocenters. The molecule has 1 fully saturated rings. The number of carbonyl (C=O) groups is 2. The van der Waals surface area contributed by atoms with Gasteiger partial charge in [-0.2, -0.15) is 26.3 Å². The minimum absolute atomic E-state index is 0.423. The molecule has 1 saturated carbocycles. The molecule has 0 saturated heterocycles. The van der Waals surface area contributed by atoms with Crippen LogP contribution in [-0.4, -0.2) is 78.8 Å². The average molecular weight is 527 g/mol. The number of carboxylic acids is 2. The van der Waals surface area contributed by atoms with Crippen LogP contribution in [0.25, 0.3) is 0 Å². The highest BCUT2D eigenvalue weighted by Crippen LogP contribution is 2.30. The Morgan fingerprint density at radius 3 is 2.08 bits per heavy atom. The number of nitrogens with zero attached hydrogens (tertiary/aromatic N) is 5. The highest BCUT2D eigenvalue weighted by Gasteiger charge is 2.38. The number of halogens is 6. The fraction of sp³-hybridized carbons (Fsp3) is 0.550. The molecule has 200 valence electrons. The predicted octanol–water partition coefficient (Wildman–Crippen LogP) is 2.79. The van der Waals surface area contributed by atoms with E-state index in [9.17, 15) is 26.3 Å². The van der Waals surface area contributed by atoms with E-state index in [2.05, 4.69) is 24.6 Å². The minimum Gasteiger partial charge on any atom is -0.475 e. The molecule has 0 bridgehead atoms. The standard InChI is InChI=1S/C16H21N5O.2C2HF3O2/c1-2-7-17-16(3-1)22-12-15-19-18-14-6-8-20(9-10-21(14)15)11-13-4-5-13;2*3-2(4,5)1(6)7/h1-3,7,13H,4-6,8-12H2;2*(H,6,7). The molecule has 2 aromatic rings. The lowest BCUT2D eigenvalue weighted by Crippen LogP contribution is -2.29. The zero-order valence-corrected chi connectivity index (χ0v) is 18.7. The SMILES string of the molecule is O=C(O)C(F)(F)F.O=C(O)C(F)(F)F.c1ccc(OCc2nnc3n2CCN(CC2CC2)CC3)nc1. The van der Waals surface area contributed by atoms with Crippen LogP contribution in [0, 0.1) is 5.92 Å². The number of carboxylic acid groups (broad SMARTS) is 2. The average Bonchev–Trinajstić information content (AvgIpc) is 3.56. The summed E-state index contributed by atoms with van der Waals surface area (Å²) >= 11 is 0. The summed E-state index contributed by atoms with van der Waals surface area (Å²) in [5, 5.41) is 22.9. The quantitative estimate of drug-likeness (QED) is 0.564. The van der Waals surface area contributed by atoms with Gasteiger partial charge in [-0.3, -0.25) is 0 Å². The summed E-state index contributed by atoms with van der Waals surface area (Å²) in [6, 6.07) is 5.66. The third-order valence-corrected chi connectivity index (χ3v) is 4.88. The normalized spacial score (nSPS) is 15.8. The van der Waals surface area contributed by atoms with Crippen molar-refractivity contribution in [1.29, 1.82) is 0 Å².